The molecule has 4 aliphatic rings. The first kappa shape index (κ1) is 22.8. The number of hydrogen-bond acceptors (Lipinski definition) is 4. The van der Waals surface area contributed by atoms with Crippen LogP contribution in [0.4, 0.5) is 0 Å². The van der Waals surface area contributed by atoms with Crippen LogP contribution in [-0.4, -0.2) is 24.1 Å². The molecule has 0 N–H and O–H groups in total. The van der Waals surface area contributed by atoms with Crippen molar-refractivity contribution in [3.8, 4) is 0 Å². The van der Waals surface area contributed by atoms with E-state index in [9.17, 15) is 9.59 Å². The summed E-state index contributed by atoms with van der Waals surface area (Å²) in [5, 5.41) is 0. The van der Waals surface area contributed by atoms with Gasteiger partial charge in [0.25, 0.3) is 0 Å². The topological polar surface area (TPSA) is 52.6 Å². The fourth-order valence-electron chi connectivity index (χ4n) is 8.53. The minimum absolute atomic E-state index is 0.144. The van der Waals surface area contributed by atoms with Crippen molar-refractivity contribution < 1.29 is 19.1 Å². The molecule has 3 saturated carbocycles. The Balaban J connectivity index is 1.27. The molecule has 3 aromatic carbocycles. The number of benzene rings is 3. The maximum absolute atomic E-state index is 13.3. The van der Waals surface area contributed by atoms with E-state index >= 15 is 0 Å². The minimum atomic E-state index is -0.446. The summed E-state index contributed by atoms with van der Waals surface area (Å²) in [6.07, 6.45) is 6.23. The minimum Gasteiger partial charge on any atom is -0.455 e. The molecule has 188 valence electrons. The maximum Gasteiger partial charge on any atom is 0.338 e. The summed E-state index contributed by atoms with van der Waals surface area (Å²) in [5.74, 6) is 0.438. The van der Waals surface area contributed by atoms with Gasteiger partial charge in [0.2, 0.25) is 0 Å². The molecule has 37 heavy (non-hydrogen) atoms. The number of carbonyl (C=O) groups is 2. The molecule has 0 amide bonds. The molecule has 4 nitrogen and oxygen atoms in total. The van der Waals surface area contributed by atoms with Gasteiger partial charge >= 0.3 is 11.9 Å². The number of hydrogen-bond donors (Lipinski definition) is 0. The van der Waals surface area contributed by atoms with Gasteiger partial charge in [-0.15, -0.1) is 0 Å². The van der Waals surface area contributed by atoms with E-state index in [1.165, 1.54) is 43.2 Å². The van der Waals surface area contributed by atoms with Crippen LogP contribution in [0.3, 0.4) is 0 Å². The van der Waals surface area contributed by atoms with Crippen LogP contribution in [0.2, 0.25) is 0 Å². The quantitative estimate of drug-likeness (QED) is 0.300. The van der Waals surface area contributed by atoms with Crippen LogP contribution in [0.1, 0.15) is 76.3 Å². The third-order valence-corrected chi connectivity index (χ3v) is 9.77. The summed E-state index contributed by atoms with van der Waals surface area (Å²) >= 11 is 0. The van der Waals surface area contributed by atoms with E-state index in [0.717, 1.165) is 6.42 Å². The lowest BCUT2D eigenvalue weighted by molar-refractivity contribution is -0.0801. The highest BCUT2D eigenvalue weighted by molar-refractivity contribution is 5.90. The predicted molar refractivity (Wildman–Crippen MR) is 140 cm³/mol. The lowest BCUT2D eigenvalue weighted by Gasteiger charge is -2.46. The van der Waals surface area contributed by atoms with Crippen molar-refractivity contribution in [2.45, 2.75) is 62.1 Å². The number of rotatable bonds is 4. The molecule has 1 spiro atoms. The Kier molecular flexibility index (Phi) is 5.46. The van der Waals surface area contributed by atoms with Gasteiger partial charge in [-0.1, -0.05) is 79.9 Å². The molecule has 3 aromatic rings. The fraction of sp³-hybridized carbons (Fsp3) is 0.394. The molecule has 7 rings (SSSR count). The average Bonchev–Trinajstić information content (AvgIpc) is 3.59. The van der Waals surface area contributed by atoms with Crippen LogP contribution in [0, 0.1) is 17.8 Å². The van der Waals surface area contributed by atoms with Gasteiger partial charge in [0.05, 0.1) is 11.1 Å². The highest BCUT2D eigenvalue weighted by Gasteiger charge is 2.69. The van der Waals surface area contributed by atoms with E-state index in [4.69, 9.17) is 9.47 Å². The molecule has 4 aliphatic carbocycles. The second-order valence-electron chi connectivity index (χ2n) is 11.4. The Morgan fingerprint density at radius 1 is 0.649 bits per heavy atom. The average molecular weight is 493 g/mol. The highest BCUT2D eigenvalue weighted by atomic mass is 16.6. The van der Waals surface area contributed by atoms with Gasteiger partial charge in [0.15, 0.2) is 0 Å². The normalized spacial score (nSPS) is 30.5. The predicted octanol–water partition coefficient (Wildman–Crippen LogP) is 6.70. The van der Waals surface area contributed by atoms with Gasteiger partial charge in [0, 0.05) is 11.8 Å². The smallest absolute Gasteiger partial charge is 0.338 e. The SMILES string of the molecule is O=C(OC1C2CC(C1OC(=O)c1ccccc1)C1C2c2ccccc2C12CCCCC2)c1ccccc1. The van der Waals surface area contributed by atoms with Crippen LogP contribution in [0.5, 0.6) is 0 Å². The van der Waals surface area contributed by atoms with Crippen molar-refractivity contribution in [2.75, 3.05) is 0 Å². The van der Waals surface area contributed by atoms with Crippen molar-refractivity contribution in [3.05, 3.63) is 107 Å². The molecule has 2 bridgehead atoms. The molecule has 3 fully saturated rings. The lowest BCUT2D eigenvalue weighted by atomic mass is 9.60. The standard InChI is InChI=1S/C33H32O4/c34-31(21-12-4-1-5-13-21)36-29-24-20-25(30(29)37-32(35)22-14-6-2-7-15-22)28-27(24)23-16-8-9-17-26(23)33(28)18-10-3-11-19-33/h1-2,4-9,12-17,24-25,27-30H,3,10-11,18-20H2. The zero-order valence-electron chi connectivity index (χ0n) is 20.9. The van der Waals surface area contributed by atoms with Crippen LogP contribution < -0.4 is 0 Å². The molecular weight excluding hydrogens is 460 g/mol. The van der Waals surface area contributed by atoms with Gasteiger partial charge in [0.1, 0.15) is 12.2 Å². The first-order valence-corrected chi connectivity index (χ1v) is 13.8. The van der Waals surface area contributed by atoms with Crippen molar-refractivity contribution >= 4 is 11.9 Å². The second kappa shape index (κ2) is 8.86. The Hall–Kier alpha value is -3.40. The summed E-state index contributed by atoms with van der Waals surface area (Å²) in [6.45, 7) is 0. The summed E-state index contributed by atoms with van der Waals surface area (Å²) < 4.78 is 12.6. The Labute approximate surface area is 218 Å². The Morgan fingerprint density at radius 2 is 1.19 bits per heavy atom. The number of esters is 2. The molecule has 6 atom stereocenters. The summed E-state index contributed by atoms with van der Waals surface area (Å²) in [7, 11) is 0. The Bertz CT molecular complexity index is 1310. The Morgan fingerprint density at radius 3 is 1.81 bits per heavy atom. The third kappa shape index (κ3) is 3.48. The van der Waals surface area contributed by atoms with Crippen LogP contribution in [0.15, 0.2) is 84.9 Å². The molecular formula is C33H32O4. The van der Waals surface area contributed by atoms with Crippen molar-refractivity contribution in [1.82, 2.24) is 0 Å². The summed E-state index contributed by atoms with van der Waals surface area (Å²) in [6, 6.07) is 27.3. The van der Waals surface area contributed by atoms with Crippen LogP contribution in [-0.2, 0) is 14.9 Å². The van der Waals surface area contributed by atoms with Crippen molar-refractivity contribution in [3.63, 3.8) is 0 Å². The zero-order valence-corrected chi connectivity index (χ0v) is 20.9. The number of fused-ring (bicyclic) bond motifs is 9. The van der Waals surface area contributed by atoms with E-state index in [0.29, 0.717) is 23.0 Å². The molecule has 0 heterocycles. The summed E-state index contributed by atoms with van der Waals surface area (Å²) in [4.78, 5) is 26.5. The molecule has 6 unspecified atom stereocenters. The van der Waals surface area contributed by atoms with E-state index in [-0.39, 0.29) is 29.2 Å². The molecule has 4 heteroatoms. The monoisotopic (exact) mass is 492 g/mol. The van der Waals surface area contributed by atoms with E-state index in [1.54, 1.807) is 24.3 Å². The zero-order chi connectivity index (χ0) is 25.0. The first-order valence-electron chi connectivity index (χ1n) is 13.8. The first-order chi connectivity index (χ1) is 18.2. The molecule has 0 aromatic heterocycles. The van der Waals surface area contributed by atoms with Crippen LogP contribution >= 0.6 is 0 Å². The highest BCUT2D eigenvalue weighted by Crippen LogP contribution is 2.71. The number of carbonyl (C=O) groups excluding carboxylic acids is 2. The molecule has 0 saturated heterocycles. The third-order valence-electron chi connectivity index (χ3n) is 9.77. The van der Waals surface area contributed by atoms with Gasteiger partial charge < -0.3 is 9.47 Å². The van der Waals surface area contributed by atoms with Gasteiger partial charge in [-0.05, 0) is 71.9 Å². The number of ether oxygens (including phenoxy) is 2. The van der Waals surface area contributed by atoms with E-state index in [2.05, 4.69) is 24.3 Å². The van der Waals surface area contributed by atoms with Crippen LogP contribution in [0.25, 0.3) is 0 Å². The summed E-state index contributed by atoms with van der Waals surface area (Å²) in [5.41, 5.74) is 4.16. The van der Waals surface area contributed by atoms with Crippen molar-refractivity contribution in [2.24, 2.45) is 17.8 Å². The van der Waals surface area contributed by atoms with Gasteiger partial charge in [-0.25, -0.2) is 9.59 Å². The maximum atomic E-state index is 13.3. The van der Waals surface area contributed by atoms with Crippen molar-refractivity contribution in [1.29, 1.82) is 0 Å². The van der Waals surface area contributed by atoms with E-state index in [1.807, 2.05) is 36.4 Å². The molecule has 0 aliphatic heterocycles. The molecule has 0 radical (unpaired) electrons. The lowest BCUT2D eigenvalue weighted by Crippen LogP contribution is -2.49. The van der Waals surface area contributed by atoms with E-state index < -0.39 is 12.2 Å². The second-order valence-corrected chi connectivity index (χ2v) is 11.4. The van der Waals surface area contributed by atoms with Gasteiger partial charge in [-0.2, -0.15) is 0 Å². The largest absolute Gasteiger partial charge is 0.455 e. The van der Waals surface area contributed by atoms with Gasteiger partial charge in [-0.3, -0.25) is 0 Å². The fourth-order valence-corrected chi connectivity index (χ4v) is 8.53.